The number of para-hydroxylation sites is 1. The Morgan fingerprint density at radius 2 is 1.56 bits per heavy atom. The van der Waals surface area contributed by atoms with Crippen LogP contribution in [0.15, 0.2) is 66.7 Å². The summed E-state index contributed by atoms with van der Waals surface area (Å²) in [5, 5.41) is 2.60. The lowest BCUT2D eigenvalue weighted by Gasteiger charge is -2.07. The number of nitrogens with zero attached hydrogens (tertiary/aromatic N) is 1. The average molecular weight is 327 g/mol. The first kappa shape index (κ1) is 15.6. The van der Waals surface area contributed by atoms with Gasteiger partial charge in [0, 0.05) is 33.9 Å². The SMILES string of the molecule is CCCCn1c2ccccc2c2cc(-c3ccc(C=O)cc3)ccc21. The number of aldehydes is 1. The third kappa shape index (κ3) is 2.74. The van der Waals surface area contributed by atoms with Crippen molar-refractivity contribution in [1.82, 2.24) is 4.57 Å². The van der Waals surface area contributed by atoms with Crippen molar-refractivity contribution in [3.63, 3.8) is 0 Å². The number of carbonyl (C=O) groups excluding carboxylic acids is 1. The van der Waals surface area contributed by atoms with Crippen LogP contribution >= 0.6 is 0 Å². The summed E-state index contributed by atoms with van der Waals surface area (Å²) in [6.07, 6.45) is 3.26. The molecule has 0 radical (unpaired) electrons. The highest BCUT2D eigenvalue weighted by Crippen LogP contribution is 2.33. The largest absolute Gasteiger partial charge is 0.340 e. The first-order chi connectivity index (χ1) is 12.3. The lowest BCUT2D eigenvalue weighted by molar-refractivity contribution is 0.112. The van der Waals surface area contributed by atoms with E-state index in [4.69, 9.17) is 0 Å². The van der Waals surface area contributed by atoms with E-state index in [1.54, 1.807) is 0 Å². The van der Waals surface area contributed by atoms with Crippen LogP contribution in [0, 0.1) is 0 Å². The quantitative estimate of drug-likeness (QED) is 0.407. The summed E-state index contributed by atoms with van der Waals surface area (Å²) in [5.41, 5.74) is 5.63. The molecule has 0 N–H and O–H groups in total. The second kappa shape index (κ2) is 6.56. The standard InChI is InChI=1S/C23H21NO/c1-2-3-14-24-22-7-5-4-6-20(22)21-15-19(12-13-23(21)24)18-10-8-17(16-25)9-11-18/h4-13,15-16H,2-3,14H2,1H3. The number of hydrogen-bond donors (Lipinski definition) is 0. The van der Waals surface area contributed by atoms with Crippen LogP contribution in [0.4, 0.5) is 0 Å². The zero-order valence-corrected chi connectivity index (χ0v) is 14.4. The molecule has 0 atom stereocenters. The summed E-state index contributed by atoms with van der Waals surface area (Å²) in [5.74, 6) is 0. The molecule has 4 rings (SSSR count). The van der Waals surface area contributed by atoms with Crippen LogP contribution in [0.2, 0.25) is 0 Å². The summed E-state index contributed by atoms with van der Waals surface area (Å²) in [6.45, 7) is 3.28. The Morgan fingerprint density at radius 3 is 2.32 bits per heavy atom. The van der Waals surface area contributed by atoms with Crippen LogP contribution in [0.25, 0.3) is 32.9 Å². The molecule has 2 nitrogen and oxygen atoms in total. The third-order valence-electron chi connectivity index (χ3n) is 4.89. The number of aromatic nitrogens is 1. The summed E-state index contributed by atoms with van der Waals surface area (Å²) in [4.78, 5) is 10.9. The van der Waals surface area contributed by atoms with E-state index in [9.17, 15) is 4.79 Å². The second-order valence-corrected chi connectivity index (χ2v) is 6.49. The van der Waals surface area contributed by atoms with Crippen LogP contribution in [-0.4, -0.2) is 10.9 Å². The molecule has 0 aliphatic carbocycles. The molecule has 4 aromatic rings. The number of aryl methyl sites for hydroxylation is 1. The molecule has 124 valence electrons. The topological polar surface area (TPSA) is 22.0 Å². The maximum atomic E-state index is 10.9. The molecule has 0 spiro atoms. The smallest absolute Gasteiger partial charge is 0.150 e. The molecule has 3 aromatic carbocycles. The van der Waals surface area contributed by atoms with Gasteiger partial charge in [0.2, 0.25) is 0 Å². The molecule has 25 heavy (non-hydrogen) atoms. The van der Waals surface area contributed by atoms with Crippen LogP contribution in [0.3, 0.4) is 0 Å². The normalized spacial score (nSPS) is 11.2. The van der Waals surface area contributed by atoms with Crippen molar-refractivity contribution >= 4 is 28.1 Å². The number of rotatable bonds is 5. The van der Waals surface area contributed by atoms with Gasteiger partial charge < -0.3 is 4.57 Å². The average Bonchev–Trinajstić information content (AvgIpc) is 2.99. The molecular weight excluding hydrogens is 306 g/mol. The predicted molar refractivity (Wildman–Crippen MR) is 105 cm³/mol. The van der Waals surface area contributed by atoms with Gasteiger partial charge in [-0.25, -0.2) is 0 Å². The molecule has 0 aliphatic heterocycles. The molecule has 2 heteroatoms. The Balaban J connectivity index is 1.90. The number of benzene rings is 3. The molecule has 0 fully saturated rings. The molecule has 0 saturated heterocycles. The second-order valence-electron chi connectivity index (χ2n) is 6.49. The zero-order chi connectivity index (χ0) is 17.2. The lowest BCUT2D eigenvalue weighted by Crippen LogP contribution is -1.96. The number of carbonyl (C=O) groups is 1. The number of unbranched alkanes of at least 4 members (excludes halogenated alkanes) is 1. The first-order valence-corrected chi connectivity index (χ1v) is 8.88. The molecular formula is C23H21NO. The van der Waals surface area contributed by atoms with Gasteiger partial charge in [0.1, 0.15) is 6.29 Å². The van der Waals surface area contributed by atoms with Crippen LogP contribution < -0.4 is 0 Å². The van der Waals surface area contributed by atoms with Crippen molar-refractivity contribution in [2.45, 2.75) is 26.3 Å². The number of hydrogen-bond acceptors (Lipinski definition) is 1. The van der Waals surface area contributed by atoms with Crippen molar-refractivity contribution < 1.29 is 4.79 Å². The summed E-state index contributed by atoms with van der Waals surface area (Å²) in [7, 11) is 0. The van der Waals surface area contributed by atoms with E-state index >= 15 is 0 Å². The van der Waals surface area contributed by atoms with E-state index in [2.05, 4.69) is 54.0 Å². The van der Waals surface area contributed by atoms with E-state index in [0.717, 1.165) is 18.4 Å². The Labute approximate surface area is 147 Å². The fraction of sp³-hybridized carbons (Fsp3) is 0.174. The summed E-state index contributed by atoms with van der Waals surface area (Å²) >= 11 is 0. The first-order valence-electron chi connectivity index (χ1n) is 8.88. The zero-order valence-electron chi connectivity index (χ0n) is 14.4. The van der Waals surface area contributed by atoms with Crippen molar-refractivity contribution in [3.8, 4) is 11.1 Å². The van der Waals surface area contributed by atoms with Gasteiger partial charge >= 0.3 is 0 Å². The predicted octanol–water partition coefficient (Wildman–Crippen LogP) is 6.07. The van der Waals surface area contributed by atoms with Gasteiger partial charge in [0.05, 0.1) is 0 Å². The van der Waals surface area contributed by atoms with Gasteiger partial charge in [-0.3, -0.25) is 4.79 Å². The Morgan fingerprint density at radius 1 is 0.840 bits per heavy atom. The van der Waals surface area contributed by atoms with E-state index in [1.165, 1.54) is 40.2 Å². The number of fused-ring (bicyclic) bond motifs is 3. The molecule has 0 amide bonds. The van der Waals surface area contributed by atoms with Gasteiger partial charge in [-0.2, -0.15) is 0 Å². The van der Waals surface area contributed by atoms with Crippen molar-refractivity contribution in [2.75, 3.05) is 0 Å². The monoisotopic (exact) mass is 327 g/mol. The Kier molecular flexibility index (Phi) is 4.10. The van der Waals surface area contributed by atoms with E-state index in [1.807, 2.05) is 24.3 Å². The summed E-state index contributed by atoms with van der Waals surface area (Å²) in [6, 6.07) is 23.1. The van der Waals surface area contributed by atoms with E-state index in [-0.39, 0.29) is 0 Å². The van der Waals surface area contributed by atoms with Crippen LogP contribution in [0.1, 0.15) is 30.1 Å². The lowest BCUT2D eigenvalue weighted by atomic mass is 10.0. The maximum absolute atomic E-state index is 10.9. The van der Waals surface area contributed by atoms with Crippen molar-refractivity contribution in [2.24, 2.45) is 0 Å². The van der Waals surface area contributed by atoms with Crippen molar-refractivity contribution in [1.29, 1.82) is 0 Å². The Bertz CT molecular complexity index is 1040. The third-order valence-corrected chi connectivity index (χ3v) is 4.89. The molecule has 0 bridgehead atoms. The molecule has 1 heterocycles. The van der Waals surface area contributed by atoms with Crippen LogP contribution in [0.5, 0.6) is 0 Å². The molecule has 1 aromatic heterocycles. The maximum Gasteiger partial charge on any atom is 0.150 e. The van der Waals surface area contributed by atoms with E-state index < -0.39 is 0 Å². The Hall–Kier alpha value is -2.87. The molecule has 0 unspecified atom stereocenters. The molecule has 0 aliphatic rings. The molecule has 0 saturated carbocycles. The van der Waals surface area contributed by atoms with Gasteiger partial charge in [-0.15, -0.1) is 0 Å². The minimum Gasteiger partial charge on any atom is -0.340 e. The van der Waals surface area contributed by atoms with Gasteiger partial charge in [-0.1, -0.05) is 61.9 Å². The highest BCUT2D eigenvalue weighted by atomic mass is 16.1. The van der Waals surface area contributed by atoms with Gasteiger partial charge in [0.25, 0.3) is 0 Å². The fourth-order valence-corrected chi connectivity index (χ4v) is 3.54. The van der Waals surface area contributed by atoms with Gasteiger partial charge in [0.15, 0.2) is 0 Å². The van der Waals surface area contributed by atoms with Crippen LogP contribution in [-0.2, 0) is 6.54 Å². The van der Waals surface area contributed by atoms with E-state index in [0.29, 0.717) is 5.56 Å². The van der Waals surface area contributed by atoms with Crippen molar-refractivity contribution in [3.05, 3.63) is 72.3 Å². The highest BCUT2D eigenvalue weighted by Gasteiger charge is 2.11. The summed E-state index contributed by atoms with van der Waals surface area (Å²) < 4.78 is 2.44. The minimum atomic E-state index is 0.709. The fourth-order valence-electron chi connectivity index (χ4n) is 3.54. The minimum absolute atomic E-state index is 0.709. The van der Waals surface area contributed by atoms with Gasteiger partial charge in [-0.05, 0) is 35.7 Å². The highest BCUT2D eigenvalue weighted by molar-refractivity contribution is 6.09.